The molecule has 1 aliphatic rings. The first-order valence-electron chi connectivity index (χ1n) is 6.71. The SMILES string of the molecule is CC1(C(N)=O)CCN(C(=O)C(C)(N)c2ccccc2)C1. The van der Waals surface area contributed by atoms with Crippen LogP contribution in [0, 0.1) is 5.41 Å². The average molecular weight is 275 g/mol. The van der Waals surface area contributed by atoms with Gasteiger partial charge in [-0.15, -0.1) is 0 Å². The number of carbonyl (C=O) groups excluding carboxylic acids is 2. The van der Waals surface area contributed by atoms with E-state index in [4.69, 9.17) is 11.5 Å². The molecular formula is C15H21N3O2. The van der Waals surface area contributed by atoms with Gasteiger partial charge in [-0.2, -0.15) is 0 Å². The first kappa shape index (κ1) is 14.5. The minimum atomic E-state index is -1.09. The van der Waals surface area contributed by atoms with Gasteiger partial charge < -0.3 is 16.4 Å². The summed E-state index contributed by atoms with van der Waals surface area (Å²) in [5.41, 5.74) is 10.6. The molecule has 2 rings (SSSR count). The first-order valence-corrected chi connectivity index (χ1v) is 6.71. The van der Waals surface area contributed by atoms with Crippen molar-refractivity contribution in [3.05, 3.63) is 35.9 Å². The molecule has 2 atom stereocenters. The molecule has 1 saturated heterocycles. The predicted molar refractivity (Wildman–Crippen MR) is 76.5 cm³/mol. The monoisotopic (exact) mass is 275 g/mol. The Hall–Kier alpha value is -1.88. The fourth-order valence-corrected chi connectivity index (χ4v) is 2.57. The van der Waals surface area contributed by atoms with Gasteiger partial charge in [-0.3, -0.25) is 9.59 Å². The lowest BCUT2D eigenvalue weighted by Gasteiger charge is -2.30. The van der Waals surface area contributed by atoms with Gasteiger partial charge in [-0.1, -0.05) is 30.3 Å². The smallest absolute Gasteiger partial charge is 0.247 e. The summed E-state index contributed by atoms with van der Waals surface area (Å²) in [7, 11) is 0. The molecule has 20 heavy (non-hydrogen) atoms. The Labute approximate surface area is 118 Å². The van der Waals surface area contributed by atoms with Crippen molar-refractivity contribution in [2.75, 3.05) is 13.1 Å². The van der Waals surface area contributed by atoms with Gasteiger partial charge in [0, 0.05) is 13.1 Å². The highest BCUT2D eigenvalue weighted by Gasteiger charge is 2.44. The van der Waals surface area contributed by atoms with Crippen LogP contribution in [0.5, 0.6) is 0 Å². The fraction of sp³-hybridized carbons (Fsp3) is 0.467. The van der Waals surface area contributed by atoms with Crippen molar-refractivity contribution in [3.8, 4) is 0 Å². The van der Waals surface area contributed by atoms with E-state index in [0.29, 0.717) is 19.5 Å². The van der Waals surface area contributed by atoms with E-state index in [1.54, 1.807) is 18.7 Å². The highest BCUT2D eigenvalue weighted by molar-refractivity contribution is 5.89. The molecule has 108 valence electrons. The number of carbonyl (C=O) groups is 2. The number of nitrogens with two attached hydrogens (primary N) is 2. The van der Waals surface area contributed by atoms with E-state index in [1.165, 1.54) is 0 Å². The molecule has 2 amide bonds. The van der Waals surface area contributed by atoms with E-state index in [-0.39, 0.29) is 11.8 Å². The molecular weight excluding hydrogens is 254 g/mol. The third-order valence-electron chi connectivity index (χ3n) is 4.17. The summed E-state index contributed by atoms with van der Waals surface area (Å²) in [5.74, 6) is -0.542. The zero-order valence-corrected chi connectivity index (χ0v) is 11.9. The lowest BCUT2D eigenvalue weighted by Crippen LogP contribution is -2.51. The lowest BCUT2D eigenvalue weighted by atomic mass is 9.89. The van der Waals surface area contributed by atoms with Gasteiger partial charge in [0.1, 0.15) is 5.54 Å². The van der Waals surface area contributed by atoms with Gasteiger partial charge in [-0.25, -0.2) is 0 Å². The molecule has 0 saturated carbocycles. The molecule has 1 fully saturated rings. The number of rotatable bonds is 3. The summed E-state index contributed by atoms with van der Waals surface area (Å²) in [5, 5.41) is 0. The number of benzene rings is 1. The second-order valence-electron chi connectivity index (χ2n) is 5.97. The van der Waals surface area contributed by atoms with E-state index >= 15 is 0 Å². The van der Waals surface area contributed by atoms with Crippen molar-refractivity contribution < 1.29 is 9.59 Å². The first-order chi connectivity index (χ1) is 9.27. The number of primary amides is 1. The molecule has 1 heterocycles. The average Bonchev–Trinajstić information content (AvgIpc) is 2.83. The van der Waals surface area contributed by atoms with E-state index in [1.807, 2.05) is 30.3 Å². The Bertz CT molecular complexity index is 527. The maximum absolute atomic E-state index is 12.6. The van der Waals surface area contributed by atoms with Crippen molar-refractivity contribution in [1.82, 2.24) is 4.90 Å². The van der Waals surface area contributed by atoms with Gasteiger partial charge in [0.2, 0.25) is 11.8 Å². The van der Waals surface area contributed by atoms with Crippen molar-refractivity contribution in [3.63, 3.8) is 0 Å². The van der Waals surface area contributed by atoms with Gasteiger partial charge in [-0.05, 0) is 25.8 Å². The second kappa shape index (κ2) is 4.90. The van der Waals surface area contributed by atoms with Crippen LogP contribution in [-0.4, -0.2) is 29.8 Å². The second-order valence-corrected chi connectivity index (χ2v) is 5.97. The normalized spacial score (nSPS) is 25.2. The fourth-order valence-electron chi connectivity index (χ4n) is 2.57. The number of nitrogens with zero attached hydrogens (tertiary/aromatic N) is 1. The number of likely N-dealkylation sites (tertiary alicyclic amines) is 1. The topological polar surface area (TPSA) is 89.4 Å². The highest BCUT2D eigenvalue weighted by atomic mass is 16.2. The minimum absolute atomic E-state index is 0.173. The molecule has 1 aromatic carbocycles. The minimum Gasteiger partial charge on any atom is -0.369 e. The summed E-state index contributed by atoms with van der Waals surface area (Å²) < 4.78 is 0. The Morgan fingerprint density at radius 2 is 1.90 bits per heavy atom. The van der Waals surface area contributed by atoms with Crippen molar-refractivity contribution in [1.29, 1.82) is 0 Å². The third-order valence-corrected chi connectivity index (χ3v) is 4.17. The van der Waals surface area contributed by atoms with Crippen molar-refractivity contribution in [2.45, 2.75) is 25.8 Å². The third kappa shape index (κ3) is 2.41. The molecule has 0 spiro atoms. The highest BCUT2D eigenvalue weighted by Crippen LogP contribution is 2.32. The van der Waals surface area contributed by atoms with Crippen LogP contribution in [0.3, 0.4) is 0 Å². The standard InChI is InChI=1S/C15H21N3O2/c1-14(12(16)19)8-9-18(10-14)13(20)15(2,17)11-6-4-3-5-7-11/h3-7H,8-10,17H2,1-2H3,(H2,16,19). The van der Waals surface area contributed by atoms with Gasteiger partial charge in [0.05, 0.1) is 5.41 Å². The maximum Gasteiger partial charge on any atom is 0.247 e. The van der Waals surface area contributed by atoms with Crippen LogP contribution < -0.4 is 11.5 Å². The number of hydrogen-bond donors (Lipinski definition) is 2. The molecule has 5 heteroatoms. The summed E-state index contributed by atoms with van der Waals surface area (Å²) >= 11 is 0. The van der Waals surface area contributed by atoms with E-state index in [9.17, 15) is 9.59 Å². The van der Waals surface area contributed by atoms with Crippen LogP contribution in [0.1, 0.15) is 25.8 Å². The van der Waals surface area contributed by atoms with E-state index < -0.39 is 11.0 Å². The van der Waals surface area contributed by atoms with E-state index in [0.717, 1.165) is 5.56 Å². The zero-order chi connectivity index (χ0) is 15.0. The summed E-state index contributed by atoms with van der Waals surface area (Å²) in [6.07, 6.45) is 0.582. The predicted octanol–water partition coefficient (Wildman–Crippen LogP) is 0.584. The number of amides is 2. The summed E-state index contributed by atoms with van der Waals surface area (Å²) in [6, 6.07) is 9.25. The Balaban J connectivity index is 2.19. The lowest BCUT2D eigenvalue weighted by molar-refractivity contribution is -0.136. The summed E-state index contributed by atoms with van der Waals surface area (Å²) in [4.78, 5) is 25.7. The molecule has 0 aliphatic carbocycles. The summed E-state index contributed by atoms with van der Waals surface area (Å²) in [6.45, 7) is 4.34. The van der Waals surface area contributed by atoms with Crippen LogP contribution in [0.25, 0.3) is 0 Å². The molecule has 2 unspecified atom stereocenters. The molecule has 4 N–H and O–H groups in total. The largest absolute Gasteiger partial charge is 0.369 e. The maximum atomic E-state index is 12.6. The molecule has 0 radical (unpaired) electrons. The Morgan fingerprint density at radius 3 is 2.40 bits per heavy atom. The van der Waals surface area contributed by atoms with Crippen LogP contribution in [0.4, 0.5) is 0 Å². The van der Waals surface area contributed by atoms with Crippen molar-refractivity contribution in [2.24, 2.45) is 16.9 Å². The van der Waals surface area contributed by atoms with Crippen LogP contribution in [0.2, 0.25) is 0 Å². The molecule has 0 bridgehead atoms. The number of hydrogen-bond acceptors (Lipinski definition) is 3. The van der Waals surface area contributed by atoms with Gasteiger partial charge >= 0.3 is 0 Å². The Kier molecular flexibility index (Phi) is 3.56. The van der Waals surface area contributed by atoms with Gasteiger partial charge in [0.25, 0.3) is 0 Å². The van der Waals surface area contributed by atoms with Crippen LogP contribution in [-0.2, 0) is 15.1 Å². The molecule has 1 aromatic rings. The van der Waals surface area contributed by atoms with Crippen LogP contribution in [0.15, 0.2) is 30.3 Å². The molecule has 5 nitrogen and oxygen atoms in total. The van der Waals surface area contributed by atoms with E-state index in [2.05, 4.69) is 0 Å². The van der Waals surface area contributed by atoms with Crippen LogP contribution >= 0.6 is 0 Å². The zero-order valence-electron chi connectivity index (χ0n) is 11.9. The Morgan fingerprint density at radius 1 is 1.30 bits per heavy atom. The molecule has 0 aromatic heterocycles. The van der Waals surface area contributed by atoms with Crippen molar-refractivity contribution >= 4 is 11.8 Å². The van der Waals surface area contributed by atoms with Gasteiger partial charge in [0.15, 0.2) is 0 Å². The quantitative estimate of drug-likeness (QED) is 0.845. The molecule has 1 aliphatic heterocycles.